The fraction of sp³-hybridized carbons (Fsp3) is 0.333. The van der Waals surface area contributed by atoms with Crippen molar-refractivity contribution < 1.29 is 9.84 Å². The van der Waals surface area contributed by atoms with Crippen LogP contribution in [-0.2, 0) is 13.0 Å². The largest absolute Gasteiger partial charge is 0.497 e. The molecule has 3 heteroatoms. The lowest BCUT2D eigenvalue weighted by atomic mass is 10.1. The summed E-state index contributed by atoms with van der Waals surface area (Å²) in [6.45, 7) is 2.69. The summed E-state index contributed by atoms with van der Waals surface area (Å²) in [5, 5.41) is 9.22. The summed E-state index contributed by atoms with van der Waals surface area (Å²) < 4.78 is 5.17. The quantitative estimate of drug-likeness (QED) is 0.809. The summed E-state index contributed by atoms with van der Waals surface area (Å²) in [7, 11) is 1.68. The van der Waals surface area contributed by atoms with Gasteiger partial charge in [0.05, 0.1) is 13.7 Å². The molecule has 0 amide bonds. The number of benzene rings is 2. The fourth-order valence-electron chi connectivity index (χ4n) is 2.33. The van der Waals surface area contributed by atoms with E-state index in [4.69, 9.17) is 4.74 Å². The number of aliphatic hydroxyl groups is 1. The van der Waals surface area contributed by atoms with Gasteiger partial charge in [0.25, 0.3) is 0 Å². The standard InChI is InChI=1S/C18H23NO2/c1-21-18-9-7-16(8-10-18)11-12-19(13-14-20)15-17-5-3-2-4-6-17/h2-10,20H,11-15H2,1H3. The van der Waals surface area contributed by atoms with Gasteiger partial charge in [-0.15, -0.1) is 0 Å². The third kappa shape index (κ3) is 5.21. The monoisotopic (exact) mass is 285 g/mol. The SMILES string of the molecule is COc1ccc(CCN(CCO)Cc2ccccc2)cc1. The highest BCUT2D eigenvalue weighted by atomic mass is 16.5. The highest BCUT2D eigenvalue weighted by Gasteiger charge is 2.06. The first-order valence-electron chi connectivity index (χ1n) is 7.32. The lowest BCUT2D eigenvalue weighted by Gasteiger charge is -2.21. The van der Waals surface area contributed by atoms with E-state index in [1.54, 1.807) is 7.11 Å². The Hall–Kier alpha value is -1.84. The number of methoxy groups -OCH3 is 1. The summed E-state index contributed by atoms with van der Waals surface area (Å²) in [4.78, 5) is 2.28. The Labute approximate surface area is 126 Å². The summed E-state index contributed by atoms with van der Waals surface area (Å²) in [6, 6.07) is 18.5. The molecule has 3 nitrogen and oxygen atoms in total. The second-order valence-electron chi connectivity index (χ2n) is 5.08. The highest BCUT2D eigenvalue weighted by molar-refractivity contribution is 5.27. The molecule has 0 unspecified atom stereocenters. The summed E-state index contributed by atoms with van der Waals surface area (Å²) in [5.41, 5.74) is 2.56. The lowest BCUT2D eigenvalue weighted by Crippen LogP contribution is -2.28. The molecule has 0 spiro atoms. The third-order valence-electron chi connectivity index (χ3n) is 3.54. The van der Waals surface area contributed by atoms with Crippen molar-refractivity contribution in [2.45, 2.75) is 13.0 Å². The highest BCUT2D eigenvalue weighted by Crippen LogP contribution is 2.12. The first-order chi connectivity index (χ1) is 10.3. The number of ether oxygens (including phenoxy) is 1. The second-order valence-corrected chi connectivity index (χ2v) is 5.08. The minimum Gasteiger partial charge on any atom is -0.497 e. The third-order valence-corrected chi connectivity index (χ3v) is 3.54. The van der Waals surface area contributed by atoms with Gasteiger partial charge in [0, 0.05) is 19.6 Å². The Morgan fingerprint density at radius 3 is 2.24 bits per heavy atom. The number of hydrogen-bond donors (Lipinski definition) is 1. The summed E-state index contributed by atoms with van der Waals surface area (Å²) >= 11 is 0. The van der Waals surface area contributed by atoms with Crippen LogP contribution < -0.4 is 4.74 Å². The molecule has 2 aromatic rings. The maximum absolute atomic E-state index is 9.22. The number of aliphatic hydroxyl groups excluding tert-OH is 1. The molecule has 0 fully saturated rings. The Bertz CT molecular complexity index is 511. The topological polar surface area (TPSA) is 32.7 Å². The van der Waals surface area contributed by atoms with E-state index in [-0.39, 0.29) is 6.61 Å². The molecule has 2 aromatic carbocycles. The molecule has 0 aliphatic heterocycles. The van der Waals surface area contributed by atoms with E-state index in [2.05, 4.69) is 41.3 Å². The molecule has 0 radical (unpaired) electrons. The van der Waals surface area contributed by atoms with Gasteiger partial charge in [0.1, 0.15) is 5.75 Å². The van der Waals surface area contributed by atoms with Gasteiger partial charge in [0.2, 0.25) is 0 Å². The number of rotatable bonds is 8. The van der Waals surface area contributed by atoms with E-state index in [0.29, 0.717) is 6.54 Å². The van der Waals surface area contributed by atoms with Gasteiger partial charge in [-0.1, -0.05) is 42.5 Å². The molecule has 0 saturated heterocycles. The zero-order chi connectivity index (χ0) is 14.9. The van der Waals surface area contributed by atoms with E-state index in [9.17, 15) is 5.11 Å². The molecule has 1 N–H and O–H groups in total. The molecular weight excluding hydrogens is 262 g/mol. The first kappa shape index (κ1) is 15.5. The second kappa shape index (κ2) is 8.45. The molecule has 0 bridgehead atoms. The van der Waals surface area contributed by atoms with Gasteiger partial charge in [-0.25, -0.2) is 0 Å². The van der Waals surface area contributed by atoms with Crippen molar-refractivity contribution >= 4 is 0 Å². The van der Waals surface area contributed by atoms with Crippen molar-refractivity contribution in [2.24, 2.45) is 0 Å². The Kier molecular flexibility index (Phi) is 6.25. The molecule has 21 heavy (non-hydrogen) atoms. The van der Waals surface area contributed by atoms with Crippen molar-refractivity contribution in [1.29, 1.82) is 0 Å². The van der Waals surface area contributed by atoms with Crippen molar-refractivity contribution in [3.63, 3.8) is 0 Å². The smallest absolute Gasteiger partial charge is 0.118 e. The minimum absolute atomic E-state index is 0.190. The predicted octanol–water partition coefficient (Wildman–Crippen LogP) is 2.73. The van der Waals surface area contributed by atoms with Crippen LogP contribution in [0.1, 0.15) is 11.1 Å². The average Bonchev–Trinajstić information content (AvgIpc) is 2.54. The van der Waals surface area contributed by atoms with Crippen LogP contribution in [0.2, 0.25) is 0 Å². The fourth-order valence-corrected chi connectivity index (χ4v) is 2.33. The molecule has 0 saturated carbocycles. The van der Waals surface area contributed by atoms with Gasteiger partial charge in [-0.3, -0.25) is 4.90 Å². The van der Waals surface area contributed by atoms with Crippen LogP contribution in [0.25, 0.3) is 0 Å². The van der Waals surface area contributed by atoms with Crippen molar-refractivity contribution in [1.82, 2.24) is 4.90 Å². The molecule has 0 heterocycles. The van der Waals surface area contributed by atoms with Crippen LogP contribution in [-0.4, -0.2) is 36.8 Å². The first-order valence-corrected chi connectivity index (χ1v) is 7.32. The van der Waals surface area contributed by atoms with Crippen molar-refractivity contribution in [2.75, 3.05) is 26.8 Å². The Balaban J connectivity index is 1.89. The van der Waals surface area contributed by atoms with E-state index in [1.807, 2.05) is 18.2 Å². The molecule has 2 rings (SSSR count). The zero-order valence-electron chi connectivity index (χ0n) is 12.5. The van der Waals surface area contributed by atoms with Crippen LogP contribution in [0.5, 0.6) is 5.75 Å². The van der Waals surface area contributed by atoms with Gasteiger partial charge >= 0.3 is 0 Å². The molecular formula is C18H23NO2. The zero-order valence-corrected chi connectivity index (χ0v) is 12.5. The van der Waals surface area contributed by atoms with E-state index < -0.39 is 0 Å². The summed E-state index contributed by atoms with van der Waals surface area (Å²) in [6.07, 6.45) is 0.969. The van der Waals surface area contributed by atoms with Crippen LogP contribution in [0, 0.1) is 0 Å². The maximum atomic E-state index is 9.22. The van der Waals surface area contributed by atoms with Crippen LogP contribution in [0.4, 0.5) is 0 Å². The van der Waals surface area contributed by atoms with Gasteiger partial charge in [-0.2, -0.15) is 0 Å². The predicted molar refractivity (Wildman–Crippen MR) is 85.5 cm³/mol. The maximum Gasteiger partial charge on any atom is 0.118 e. The van der Waals surface area contributed by atoms with Crippen LogP contribution >= 0.6 is 0 Å². The van der Waals surface area contributed by atoms with Gasteiger partial charge in [-0.05, 0) is 29.7 Å². The Morgan fingerprint density at radius 1 is 0.905 bits per heavy atom. The Morgan fingerprint density at radius 2 is 1.62 bits per heavy atom. The van der Waals surface area contributed by atoms with Gasteiger partial charge < -0.3 is 9.84 Å². The average molecular weight is 285 g/mol. The lowest BCUT2D eigenvalue weighted by molar-refractivity contribution is 0.191. The van der Waals surface area contributed by atoms with Crippen molar-refractivity contribution in [3.8, 4) is 5.75 Å². The van der Waals surface area contributed by atoms with E-state index >= 15 is 0 Å². The van der Waals surface area contributed by atoms with Crippen LogP contribution in [0.15, 0.2) is 54.6 Å². The van der Waals surface area contributed by atoms with E-state index in [0.717, 1.165) is 25.3 Å². The normalized spacial score (nSPS) is 10.8. The molecule has 0 atom stereocenters. The molecule has 0 aliphatic carbocycles. The minimum atomic E-state index is 0.190. The molecule has 0 aliphatic rings. The molecule has 0 aromatic heterocycles. The van der Waals surface area contributed by atoms with Gasteiger partial charge in [0.15, 0.2) is 0 Å². The van der Waals surface area contributed by atoms with Crippen LogP contribution in [0.3, 0.4) is 0 Å². The number of hydrogen-bond acceptors (Lipinski definition) is 3. The molecule has 112 valence electrons. The van der Waals surface area contributed by atoms with E-state index in [1.165, 1.54) is 11.1 Å². The summed E-state index contributed by atoms with van der Waals surface area (Å²) in [5.74, 6) is 0.884. The van der Waals surface area contributed by atoms with Crippen molar-refractivity contribution in [3.05, 3.63) is 65.7 Å². The number of nitrogens with zero attached hydrogens (tertiary/aromatic N) is 1.